The van der Waals surface area contributed by atoms with Gasteiger partial charge in [0.15, 0.2) is 0 Å². The van der Waals surface area contributed by atoms with Crippen molar-refractivity contribution in [3.8, 4) is 0 Å². The van der Waals surface area contributed by atoms with Gasteiger partial charge in [0.2, 0.25) is 0 Å². The van der Waals surface area contributed by atoms with E-state index >= 15 is 0 Å². The van der Waals surface area contributed by atoms with Crippen LogP contribution in [0.3, 0.4) is 0 Å². The molecular weight excluding hydrogens is 267 g/mol. The highest BCUT2D eigenvalue weighted by atomic mass is 79.9. The molecular formula is C10H10BrClO2. The van der Waals surface area contributed by atoms with Crippen molar-refractivity contribution >= 4 is 33.5 Å². The second-order valence-corrected chi connectivity index (χ2v) is 4.04. The number of carboxylic acid groups (broad SMARTS) is 1. The summed E-state index contributed by atoms with van der Waals surface area (Å²) in [5.41, 5.74) is 2.64. The van der Waals surface area contributed by atoms with Gasteiger partial charge in [0.05, 0.1) is 6.42 Å². The Balaban J connectivity index is 3.15. The summed E-state index contributed by atoms with van der Waals surface area (Å²) in [7, 11) is 0. The highest BCUT2D eigenvalue weighted by Crippen LogP contribution is 2.25. The number of hydrogen-bond donors (Lipinski definition) is 1. The van der Waals surface area contributed by atoms with E-state index in [1.165, 1.54) is 0 Å². The van der Waals surface area contributed by atoms with Crippen molar-refractivity contribution in [3.63, 3.8) is 0 Å². The van der Waals surface area contributed by atoms with Gasteiger partial charge in [0.25, 0.3) is 0 Å². The van der Waals surface area contributed by atoms with Gasteiger partial charge < -0.3 is 5.11 Å². The van der Waals surface area contributed by atoms with E-state index in [9.17, 15) is 4.79 Å². The molecule has 76 valence electrons. The van der Waals surface area contributed by atoms with E-state index in [0.717, 1.165) is 11.1 Å². The Labute approximate surface area is 96.0 Å². The van der Waals surface area contributed by atoms with Gasteiger partial charge in [-0.3, -0.25) is 4.79 Å². The van der Waals surface area contributed by atoms with Crippen molar-refractivity contribution in [1.29, 1.82) is 0 Å². The fraction of sp³-hybridized carbons (Fsp3) is 0.300. The number of carbonyl (C=O) groups is 1. The van der Waals surface area contributed by atoms with Gasteiger partial charge in [-0.25, -0.2) is 0 Å². The van der Waals surface area contributed by atoms with Gasteiger partial charge in [-0.15, -0.1) is 0 Å². The Morgan fingerprint density at radius 3 is 2.57 bits per heavy atom. The first kappa shape index (κ1) is 11.5. The number of aryl methyl sites for hydroxylation is 1. The van der Waals surface area contributed by atoms with Crippen LogP contribution in [0.2, 0.25) is 5.02 Å². The summed E-state index contributed by atoms with van der Waals surface area (Å²) in [6.45, 7) is 1.92. The molecule has 1 aromatic carbocycles. The second-order valence-electron chi connectivity index (χ2n) is 3.10. The first-order valence-corrected chi connectivity index (χ1v) is 5.60. The van der Waals surface area contributed by atoms with Crippen molar-refractivity contribution in [2.24, 2.45) is 0 Å². The lowest BCUT2D eigenvalue weighted by Gasteiger charge is -2.07. The summed E-state index contributed by atoms with van der Waals surface area (Å²) < 4.78 is 0. The second kappa shape index (κ2) is 4.80. The van der Waals surface area contributed by atoms with E-state index in [1.54, 1.807) is 0 Å². The highest BCUT2D eigenvalue weighted by molar-refractivity contribution is 9.08. The van der Waals surface area contributed by atoms with Crippen molar-refractivity contribution in [1.82, 2.24) is 0 Å². The number of halogens is 2. The van der Waals surface area contributed by atoms with Gasteiger partial charge in [-0.2, -0.15) is 0 Å². The topological polar surface area (TPSA) is 37.3 Å². The Morgan fingerprint density at radius 2 is 2.07 bits per heavy atom. The fourth-order valence-electron chi connectivity index (χ4n) is 1.31. The molecule has 0 radical (unpaired) electrons. The zero-order chi connectivity index (χ0) is 10.7. The molecule has 1 rings (SSSR count). The lowest BCUT2D eigenvalue weighted by atomic mass is 10.0. The standard InChI is InChI=1S/C10H10BrClO2/c1-6-2-7(4-9(13)14)10(12)8(3-6)5-11/h2-3H,4-5H2,1H3,(H,13,14). The van der Waals surface area contributed by atoms with E-state index in [2.05, 4.69) is 15.9 Å². The molecule has 1 aromatic rings. The maximum atomic E-state index is 10.6. The van der Waals surface area contributed by atoms with Crippen LogP contribution in [0.25, 0.3) is 0 Å². The Kier molecular flexibility index (Phi) is 3.96. The molecule has 0 bridgehead atoms. The summed E-state index contributed by atoms with van der Waals surface area (Å²) in [5.74, 6) is -0.863. The molecule has 0 unspecified atom stereocenters. The lowest BCUT2D eigenvalue weighted by molar-refractivity contribution is -0.136. The van der Waals surface area contributed by atoms with E-state index in [1.807, 2.05) is 19.1 Å². The third-order valence-electron chi connectivity index (χ3n) is 1.85. The van der Waals surface area contributed by atoms with Crippen molar-refractivity contribution in [3.05, 3.63) is 33.8 Å². The maximum Gasteiger partial charge on any atom is 0.307 e. The zero-order valence-corrected chi connectivity index (χ0v) is 10.0. The normalized spacial score (nSPS) is 10.2. The summed E-state index contributed by atoms with van der Waals surface area (Å²) in [6, 6.07) is 3.76. The Morgan fingerprint density at radius 1 is 1.50 bits per heavy atom. The van der Waals surface area contributed by atoms with Crippen LogP contribution in [0.15, 0.2) is 12.1 Å². The minimum absolute atomic E-state index is 0.0273. The van der Waals surface area contributed by atoms with Crippen LogP contribution in [-0.2, 0) is 16.5 Å². The number of aliphatic carboxylic acids is 1. The third-order valence-corrected chi connectivity index (χ3v) is 2.94. The molecule has 0 aliphatic heterocycles. The molecule has 0 saturated carbocycles. The predicted octanol–water partition coefficient (Wildman–Crippen LogP) is 3.17. The maximum absolute atomic E-state index is 10.6. The Hall–Kier alpha value is -0.540. The van der Waals surface area contributed by atoms with Gasteiger partial charge in [-0.1, -0.05) is 45.2 Å². The molecule has 14 heavy (non-hydrogen) atoms. The van der Waals surface area contributed by atoms with Crippen LogP contribution < -0.4 is 0 Å². The monoisotopic (exact) mass is 276 g/mol. The SMILES string of the molecule is Cc1cc(CBr)c(Cl)c(CC(=O)O)c1. The molecule has 1 N–H and O–H groups in total. The van der Waals surface area contributed by atoms with Crippen molar-refractivity contribution < 1.29 is 9.90 Å². The third kappa shape index (κ3) is 2.72. The van der Waals surface area contributed by atoms with E-state index < -0.39 is 5.97 Å². The largest absolute Gasteiger partial charge is 0.481 e. The van der Waals surface area contributed by atoms with Gasteiger partial charge in [-0.05, 0) is 18.1 Å². The number of alkyl halides is 1. The fourth-order valence-corrected chi connectivity index (χ4v) is 2.16. The van der Waals surface area contributed by atoms with Crippen molar-refractivity contribution in [2.75, 3.05) is 0 Å². The first-order valence-electron chi connectivity index (χ1n) is 4.10. The average molecular weight is 278 g/mol. The number of benzene rings is 1. The van der Waals surface area contributed by atoms with Crippen LogP contribution >= 0.6 is 27.5 Å². The molecule has 0 fully saturated rings. The van der Waals surface area contributed by atoms with Crippen LogP contribution in [-0.4, -0.2) is 11.1 Å². The summed E-state index contributed by atoms with van der Waals surface area (Å²) in [6.07, 6.45) is -0.0273. The minimum atomic E-state index is -0.863. The van der Waals surface area contributed by atoms with Crippen molar-refractivity contribution in [2.45, 2.75) is 18.7 Å². The lowest BCUT2D eigenvalue weighted by Crippen LogP contribution is -2.02. The minimum Gasteiger partial charge on any atom is -0.481 e. The number of carboxylic acids is 1. The smallest absolute Gasteiger partial charge is 0.307 e. The molecule has 0 saturated heterocycles. The highest BCUT2D eigenvalue weighted by Gasteiger charge is 2.09. The summed E-state index contributed by atoms with van der Waals surface area (Å²) in [4.78, 5) is 10.6. The van der Waals surface area contributed by atoms with E-state index in [-0.39, 0.29) is 6.42 Å². The van der Waals surface area contributed by atoms with Gasteiger partial charge in [0, 0.05) is 10.4 Å². The average Bonchev–Trinajstić information content (AvgIpc) is 2.09. The molecule has 0 aliphatic rings. The number of hydrogen-bond acceptors (Lipinski definition) is 1. The molecule has 0 spiro atoms. The Bertz CT molecular complexity index is 363. The molecule has 0 aromatic heterocycles. The van der Waals surface area contributed by atoms with Crippen LogP contribution in [0, 0.1) is 6.92 Å². The molecule has 0 aliphatic carbocycles. The first-order chi connectivity index (χ1) is 6.54. The molecule has 0 atom stereocenters. The molecule has 0 amide bonds. The van der Waals surface area contributed by atoms with E-state index in [4.69, 9.17) is 16.7 Å². The van der Waals surface area contributed by atoms with Gasteiger partial charge >= 0.3 is 5.97 Å². The van der Waals surface area contributed by atoms with Gasteiger partial charge in [0.1, 0.15) is 0 Å². The predicted molar refractivity (Wildman–Crippen MR) is 60.2 cm³/mol. The molecule has 2 nitrogen and oxygen atoms in total. The van der Waals surface area contributed by atoms with Crippen LogP contribution in [0.5, 0.6) is 0 Å². The van der Waals surface area contributed by atoms with Crippen LogP contribution in [0.1, 0.15) is 16.7 Å². The van der Waals surface area contributed by atoms with Crippen LogP contribution in [0.4, 0.5) is 0 Å². The zero-order valence-electron chi connectivity index (χ0n) is 7.68. The van der Waals surface area contributed by atoms with E-state index in [0.29, 0.717) is 15.9 Å². The summed E-state index contributed by atoms with van der Waals surface area (Å²) in [5, 5.41) is 9.87. The molecule has 0 heterocycles. The number of rotatable bonds is 3. The summed E-state index contributed by atoms with van der Waals surface area (Å²) >= 11 is 9.34. The quantitative estimate of drug-likeness (QED) is 0.862. The molecule has 4 heteroatoms.